The second-order valence-corrected chi connectivity index (χ2v) is 6.27. The molecule has 1 N–H and O–H groups in total. The van der Waals surface area contributed by atoms with Gasteiger partial charge in [-0.25, -0.2) is 4.79 Å². The van der Waals surface area contributed by atoms with E-state index in [1.807, 2.05) is 11.8 Å². The van der Waals surface area contributed by atoms with Crippen LogP contribution in [0.5, 0.6) is 0 Å². The highest BCUT2D eigenvalue weighted by Gasteiger charge is 2.39. The van der Waals surface area contributed by atoms with Crippen LogP contribution in [-0.2, 0) is 4.79 Å². The molecule has 0 bridgehead atoms. The lowest BCUT2D eigenvalue weighted by atomic mass is 9.99. The highest BCUT2D eigenvalue weighted by atomic mass is 16.4. The molecule has 0 aromatic rings. The number of rotatable bonds is 1. The van der Waals surface area contributed by atoms with Crippen molar-refractivity contribution in [2.45, 2.75) is 26.3 Å². The number of amides is 2. The summed E-state index contributed by atoms with van der Waals surface area (Å²) in [7, 11) is 2.07. The van der Waals surface area contributed by atoms with E-state index in [0.29, 0.717) is 13.1 Å². The maximum Gasteiger partial charge on any atom is 0.320 e. The number of likely N-dealkylation sites (N-methyl/N-ethyl adjacent to an activating group) is 1. The van der Waals surface area contributed by atoms with Gasteiger partial charge >= 0.3 is 12.0 Å². The standard InChI is InChI=1S/C14H25N3O3/c1-10-7-16(9-12(10)13(18)19)14(20)17-6-4-5-15(3)8-11(17)2/h10-12H,4-9H2,1-3H3,(H,18,19)/t10-,11?,12-/m1/s1. The van der Waals surface area contributed by atoms with Gasteiger partial charge in [-0.15, -0.1) is 0 Å². The lowest BCUT2D eigenvalue weighted by Gasteiger charge is -2.32. The molecule has 0 radical (unpaired) electrons. The first-order valence-corrected chi connectivity index (χ1v) is 7.37. The molecule has 2 amide bonds. The van der Waals surface area contributed by atoms with E-state index < -0.39 is 11.9 Å². The van der Waals surface area contributed by atoms with Crippen molar-refractivity contribution in [2.24, 2.45) is 11.8 Å². The largest absolute Gasteiger partial charge is 0.481 e. The summed E-state index contributed by atoms with van der Waals surface area (Å²) < 4.78 is 0. The Hall–Kier alpha value is -1.30. The number of likely N-dealkylation sites (tertiary alicyclic amines) is 1. The number of carbonyl (C=O) groups is 2. The molecular weight excluding hydrogens is 258 g/mol. The summed E-state index contributed by atoms with van der Waals surface area (Å²) in [6.45, 7) is 7.50. The van der Waals surface area contributed by atoms with Gasteiger partial charge in [0.1, 0.15) is 0 Å². The summed E-state index contributed by atoms with van der Waals surface area (Å²) in [6, 6.07) is 0.178. The molecule has 0 aromatic heterocycles. The summed E-state index contributed by atoms with van der Waals surface area (Å²) >= 11 is 0. The lowest BCUT2D eigenvalue weighted by molar-refractivity contribution is -0.142. The van der Waals surface area contributed by atoms with E-state index in [9.17, 15) is 9.59 Å². The smallest absolute Gasteiger partial charge is 0.320 e. The quantitative estimate of drug-likeness (QED) is 0.772. The Bertz CT molecular complexity index is 388. The van der Waals surface area contributed by atoms with E-state index in [2.05, 4.69) is 18.9 Å². The Labute approximate surface area is 120 Å². The molecule has 0 aliphatic carbocycles. The van der Waals surface area contributed by atoms with Crippen LogP contribution in [-0.4, -0.2) is 77.6 Å². The number of aliphatic carboxylic acids is 1. The van der Waals surface area contributed by atoms with Gasteiger partial charge in [-0.1, -0.05) is 6.92 Å². The van der Waals surface area contributed by atoms with Gasteiger partial charge in [0.25, 0.3) is 0 Å². The van der Waals surface area contributed by atoms with Gasteiger partial charge in [0, 0.05) is 32.2 Å². The van der Waals surface area contributed by atoms with Crippen molar-refractivity contribution < 1.29 is 14.7 Å². The van der Waals surface area contributed by atoms with Crippen molar-refractivity contribution in [3.05, 3.63) is 0 Å². The van der Waals surface area contributed by atoms with Crippen LogP contribution < -0.4 is 0 Å². The third-order valence-electron chi connectivity index (χ3n) is 4.49. The summed E-state index contributed by atoms with van der Waals surface area (Å²) in [6.07, 6.45) is 0.971. The summed E-state index contributed by atoms with van der Waals surface area (Å²) in [5.74, 6) is -1.19. The maximum absolute atomic E-state index is 12.6. The minimum Gasteiger partial charge on any atom is -0.481 e. The van der Waals surface area contributed by atoms with Crippen molar-refractivity contribution in [1.82, 2.24) is 14.7 Å². The molecule has 6 heteroatoms. The molecule has 20 heavy (non-hydrogen) atoms. The normalized spacial score (nSPS) is 32.2. The number of carbonyl (C=O) groups excluding carboxylic acids is 1. The van der Waals surface area contributed by atoms with Crippen LogP contribution in [0.25, 0.3) is 0 Å². The van der Waals surface area contributed by atoms with E-state index >= 15 is 0 Å². The molecular formula is C14H25N3O3. The summed E-state index contributed by atoms with van der Waals surface area (Å²) in [5, 5.41) is 9.17. The third-order valence-corrected chi connectivity index (χ3v) is 4.49. The molecule has 2 saturated heterocycles. The molecule has 0 saturated carbocycles. The monoisotopic (exact) mass is 283 g/mol. The molecule has 2 heterocycles. The first-order chi connectivity index (χ1) is 9.40. The average molecular weight is 283 g/mol. The zero-order chi connectivity index (χ0) is 14.9. The van der Waals surface area contributed by atoms with E-state index in [0.717, 1.165) is 26.1 Å². The maximum atomic E-state index is 12.6. The molecule has 2 aliphatic rings. The van der Waals surface area contributed by atoms with Gasteiger partial charge in [0.15, 0.2) is 0 Å². The molecule has 2 fully saturated rings. The van der Waals surface area contributed by atoms with Gasteiger partial charge in [-0.05, 0) is 32.9 Å². The van der Waals surface area contributed by atoms with Crippen LogP contribution >= 0.6 is 0 Å². The number of urea groups is 1. The molecule has 6 nitrogen and oxygen atoms in total. The fourth-order valence-electron chi connectivity index (χ4n) is 3.28. The first kappa shape index (κ1) is 15.1. The molecule has 2 rings (SSSR count). The van der Waals surface area contributed by atoms with Crippen LogP contribution in [0.3, 0.4) is 0 Å². The zero-order valence-corrected chi connectivity index (χ0v) is 12.6. The van der Waals surface area contributed by atoms with Crippen LogP contribution in [0.2, 0.25) is 0 Å². The van der Waals surface area contributed by atoms with Crippen LogP contribution in [0, 0.1) is 11.8 Å². The molecule has 114 valence electrons. The molecule has 0 spiro atoms. The fraction of sp³-hybridized carbons (Fsp3) is 0.857. The van der Waals surface area contributed by atoms with E-state index in [-0.39, 0.29) is 18.0 Å². The van der Waals surface area contributed by atoms with Crippen molar-refractivity contribution in [1.29, 1.82) is 0 Å². The molecule has 2 aliphatic heterocycles. The number of nitrogens with zero attached hydrogens (tertiary/aromatic N) is 3. The zero-order valence-electron chi connectivity index (χ0n) is 12.6. The van der Waals surface area contributed by atoms with Crippen molar-refractivity contribution in [3.8, 4) is 0 Å². The molecule has 1 unspecified atom stereocenters. The second kappa shape index (κ2) is 5.99. The fourth-order valence-corrected chi connectivity index (χ4v) is 3.28. The average Bonchev–Trinajstić information content (AvgIpc) is 2.67. The topological polar surface area (TPSA) is 64.1 Å². The van der Waals surface area contributed by atoms with Gasteiger partial charge < -0.3 is 19.8 Å². The Morgan fingerprint density at radius 2 is 1.80 bits per heavy atom. The Balaban J connectivity index is 2.02. The van der Waals surface area contributed by atoms with E-state index in [1.54, 1.807) is 4.90 Å². The predicted molar refractivity (Wildman–Crippen MR) is 75.5 cm³/mol. The van der Waals surface area contributed by atoms with Gasteiger partial charge in [0.05, 0.1) is 5.92 Å². The van der Waals surface area contributed by atoms with Crippen LogP contribution in [0.1, 0.15) is 20.3 Å². The Morgan fingerprint density at radius 1 is 1.10 bits per heavy atom. The van der Waals surface area contributed by atoms with Gasteiger partial charge in [-0.2, -0.15) is 0 Å². The Kier molecular flexibility index (Phi) is 4.52. The minimum absolute atomic E-state index is 0.00315. The SMILES string of the molecule is CC1CN(C)CCCN1C(=O)N1C[C@@H](C)[C@H](C(=O)O)C1. The van der Waals surface area contributed by atoms with Crippen LogP contribution in [0.4, 0.5) is 4.79 Å². The van der Waals surface area contributed by atoms with Crippen LogP contribution in [0.15, 0.2) is 0 Å². The number of carboxylic acids is 1. The first-order valence-electron chi connectivity index (χ1n) is 7.37. The summed E-state index contributed by atoms with van der Waals surface area (Å²) in [4.78, 5) is 29.6. The highest BCUT2D eigenvalue weighted by Crippen LogP contribution is 2.25. The van der Waals surface area contributed by atoms with Gasteiger partial charge in [0.2, 0.25) is 0 Å². The molecule has 3 atom stereocenters. The van der Waals surface area contributed by atoms with Crippen molar-refractivity contribution in [3.63, 3.8) is 0 Å². The molecule has 0 aromatic carbocycles. The lowest BCUT2D eigenvalue weighted by Crippen LogP contribution is -2.48. The highest BCUT2D eigenvalue weighted by molar-refractivity contribution is 5.78. The number of hydrogen-bond donors (Lipinski definition) is 1. The van der Waals surface area contributed by atoms with Crippen molar-refractivity contribution in [2.75, 3.05) is 39.8 Å². The van der Waals surface area contributed by atoms with Crippen molar-refractivity contribution >= 4 is 12.0 Å². The van der Waals surface area contributed by atoms with E-state index in [1.165, 1.54) is 0 Å². The second-order valence-electron chi connectivity index (χ2n) is 6.27. The van der Waals surface area contributed by atoms with Gasteiger partial charge in [-0.3, -0.25) is 4.79 Å². The Morgan fingerprint density at radius 3 is 2.40 bits per heavy atom. The van der Waals surface area contributed by atoms with E-state index in [4.69, 9.17) is 5.11 Å². The minimum atomic E-state index is -0.795. The number of hydrogen-bond acceptors (Lipinski definition) is 3. The summed E-state index contributed by atoms with van der Waals surface area (Å²) in [5.41, 5.74) is 0. The predicted octanol–water partition coefficient (Wildman–Crippen LogP) is 0.785. The number of carboxylic acid groups (broad SMARTS) is 1. The third kappa shape index (κ3) is 3.06.